The Balaban J connectivity index is 2.08. The van der Waals surface area contributed by atoms with Crippen LogP contribution in [0, 0.1) is 0 Å². The number of benzene rings is 1. The number of hydrogen-bond acceptors (Lipinski definition) is 6. The lowest BCUT2D eigenvalue weighted by atomic mass is 10.0. The average molecular weight is 405 g/mol. The van der Waals surface area contributed by atoms with E-state index >= 15 is 0 Å². The van der Waals surface area contributed by atoms with Crippen LogP contribution < -0.4 is 21.7 Å². The number of H-pyrrole nitrogens is 1. The third-order valence-corrected chi connectivity index (χ3v) is 4.12. The number of nitrogens with two attached hydrogens (primary N) is 1. The molecule has 2 aromatic rings. The molecular formula is C18H23N5O6. The fraction of sp³-hybridized carbons (Fsp3) is 0.333. The number of carboxylic acid groups (broad SMARTS) is 1. The number of carboxylic acids is 1. The molecular weight excluding hydrogens is 382 g/mol. The van der Waals surface area contributed by atoms with Gasteiger partial charge in [-0.3, -0.25) is 19.2 Å². The molecule has 0 bridgehead atoms. The highest BCUT2D eigenvalue weighted by atomic mass is 16.4. The Bertz CT molecular complexity index is 896. The van der Waals surface area contributed by atoms with Crippen LogP contribution in [0.4, 0.5) is 0 Å². The minimum Gasteiger partial charge on any atom is -0.480 e. The Hall–Kier alpha value is -3.44. The van der Waals surface area contributed by atoms with E-state index in [1.165, 1.54) is 0 Å². The third kappa shape index (κ3) is 6.30. The van der Waals surface area contributed by atoms with Gasteiger partial charge in [-0.2, -0.15) is 0 Å². The number of aliphatic carboxylic acids is 1. The molecule has 0 aliphatic rings. The Morgan fingerprint density at radius 1 is 1.07 bits per heavy atom. The van der Waals surface area contributed by atoms with Crippen molar-refractivity contribution in [3.63, 3.8) is 0 Å². The van der Waals surface area contributed by atoms with Crippen LogP contribution >= 0.6 is 0 Å². The van der Waals surface area contributed by atoms with Gasteiger partial charge in [0.1, 0.15) is 18.6 Å². The number of para-hydroxylation sites is 1. The van der Waals surface area contributed by atoms with E-state index in [0.29, 0.717) is 0 Å². The topological polar surface area (TPSA) is 187 Å². The van der Waals surface area contributed by atoms with Gasteiger partial charge in [-0.1, -0.05) is 18.2 Å². The van der Waals surface area contributed by atoms with Crippen molar-refractivity contribution in [3.05, 3.63) is 36.0 Å². The highest BCUT2D eigenvalue weighted by molar-refractivity contribution is 5.93. The SMILES string of the molecule is NC(CO)C(=O)NCC(=O)NC(Cc1c[nH]c2ccccc12)C(=O)NCC(=O)O. The molecule has 0 saturated heterocycles. The Labute approximate surface area is 165 Å². The van der Waals surface area contributed by atoms with Crippen molar-refractivity contribution < 1.29 is 29.4 Å². The highest BCUT2D eigenvalue weighted by Crippen LogP contribution is 2.19. The molecule has 8 N–H and O–H groups in total. The lowest BCUT2D eigenvalue weighted by Crippen LogP contribution is -2.52. The summed E-state index contributed by atoms with van der Waals surface area (Å²) in [6.07, 6.45) is 1.81. The molecule has 1 aromatic heterocycles. The number of rotatable bonds is 10. The maximum Gasteiger partial charge on any atom is 0.322 e. The normalized spacial score (nSPS) is 12.8. The number of carbonyl (C=O) groups excluding carboxylic acids is 3. The summed E-state index contributed by atoms with van der Waals surface area (Å²) in [6.45, 7) is -1.63. The van der Waals surface area contributed by atoms with Crippen molar-refractivity contribution in [1.82, 2.24) is 20.9 Å². The monoisotopic (exact) mass is 405 g/mol. The average Bonchev–Trinajstić information content (AvgIpc) is 3.12. The molecule has 2 atom stereocenters. The van der Waals surface area contributed by atoms with E-state index in [0.717, 1.165) is 16.5 Å². The molecule has 29 heavy (non-hydrogen) atoms. The van der Waals surface area contributed by atoms with Crippen LogP contribution in [0.3, 0.4) is 0 Å². The summed E-state index contributed by atoms with van der Waals surface area (Å²) in [5.74, 6) is -3.28. The summed E-state index contributed by atoms with van der Waals surface area (Å²) < 4.78 is 0. The first-order chi connectivity index (χ1) is 13.8. The minimum absolute atomic E-state index is 0.102. The summed E-state index contributed by atoms with van der Waals surface area (Å²) in [4.78, 5) is 49.9. The van der Waals surface area contributed by atoms with E-state index in [9.17, 15) is 19.2 Å². The van der Waals surface area contributed by atoms with Gasteiger partial charge in [0.2, 0.25) is 17.7 Å². The van der Waals surface area contributed by atoms with Crippen molar-refractivity contribution in [3.8, 4) is 0 Å². The van der Waals surface area contributed by atoms with Crippen molar-refractivity contribution in [2.45, 2.75) is 18.5 Å². The summed E-state index contributed by atoms with van der Waals surface area (Å²) in [5, 5.41) is 25.4. The van der Waals surface area contributed by atoms with Crippen molar-refractivity contribution in [2.75, 3.05) is 19.7 Å². The number of aliphatic hydroxyl groups is 1. The second-order valence-electron chi connectivity index (χ2n) is 6.30. The summed E-state index contributed by atoms with van der Waals surface area (Å²) in [7, 11) is 0. The number of fused-ring (bicyclic) bond motifs is 1. The molecule has 0 aliphatic carbocycles. The van der Waals surface area contributed by atoms with Crippen molar-refractivity contribution in [1.29, 1.82) is 0 Å². The van der Waals surface area contributed by atoms with E-state index in [1.54, 1.807) is 6.20 Å². The fourth-order valence-corrected chi connectivity index (χ4v) is 2.64. The molecule has 11 nitrogen and oxygen atoms in total. The molecule has 0 aliphatic heterocycles. The summed E-state index contributed by atoms with van der Waals surface area (Å²) in [6, 6.07) is 5.16. The van der Waals surface area contributed by atoms with Crippen LogP contribution in [0.15, 0.2) is 30.5 Å². The number of aromatic nitrogens is 1. The number of carbonyl (C=O) groups is 4. The van der Waals surface area contributed by atoms with Crippen molar-refractivity contribution >= 4 is 34.6 Å². The minimum atomic E-state index is -1.22. The predicted molar refractivity (Wildman–Crippen MR) is 103 cm³/mol. The van der Waals surface area contributed by atoms with Gasteiger partial charge in [-0.25, -0.2) is 0 Å². The number of aliphatic hydroxyl groups excluding tert-OH is 1. The fourth-order valence-electron chi connectivity index (χ4n) is 2.64. The Morgan fingerprint density at radius 2 is 1.76 bits per heavy atom. The van der Waals surface area contributed by atoms with E-state index in [-0.39, 0.29) is 6.42 Å². The second-order valence-corrected chi connectivity index (χ2v) is 6.30. The molecule has 1 heterocycles. The maximum atomic E-state index is 12.4. The van der Waals surface area contributed by atoms with Crippen LogP contribution in [0.1, 0.15) is 5.56 Å². The Kier molecular flexibility index (Phi) is 7.69. The van der Waals surface area contributed by atoms with E-state index in [4.69, 9.17) is 15.9 Å². The van der Waals surface area contributed by atoms with Crippen LogP contribution in [0.5, 0.6) is 0 Å². The molecule has 0 saturated carbocycles. The molecule has 156 valence electrons. The van der Waals surface area contributed by atoms with Gasteiger partial charge >= 0.3 is 5.97 Å². The molecule has 2 rings (SSSR count). The van der Waals surface area contributed by atoms with Gasteiger partial charge < -0.3 is 36.9 Å². The largest absolute Gasteiger partial charge is 0.480 e. The van der Waals surface area contributed by atoms with Crippen molar-refractivity contribution in [2.24, 2.45) is 5.73 Å². The van der Waals surface area contributed by atoms with E-state index < -0.39 is 55.5 Å². The molecule has 3 amide bonds. The molecule has 0 radical (unpaired) electrons. The van der Waals surface area contributed by atoms with Gasteiger partial charge in [-0.15, -0.1) is 0 Å². The molecule has 0 spiro atoms. The Morgan fingerprint density at radius 3 is 2.45 bits per heavy atom. The second kappa shape index (κ2) is 10.2. The first-order valence-corrected chi connectivity index (χ1v) is 8.79. The molecule has 11 heteroatoms. The quantitative estimate of drug-likeness (QED) is 0.234. The van der Waals surface area contributed by atoms with Gasteiger partial charge in [0.05, 0.1) is 13.2 Å². The lowest BCUT2D eigenvalue weighted by molar-refractivity contribution is -0.138. The summed E-state index contributed by atoms with van der Waals surface area (Å²) >= 11 is 0. The zero-order valence-corrected chi connectivity index (χ0v) is 15.5. The molecule has 2 unspecified atom stereocenters. The number of aromatic amines is 1. The zero-order chi connectivity index (χ0) is 21.4. The van der Waals surface area contributed by atoms with E-state index in [2.05, 4.69) is 20.9 Å². The van der Waals surface area contributed by atoms with E-state index in [1.807, 2.05) is 24.3 Å². The van der Waals surface area contributed by atoms with Gasteiger partial charge in [0, 0.05) is 23.5 Å². The van der Waals surface area contributed by atoms with Gasteiger partial charge in [0.25, 0.3) is 0 Å². The predicted octanol–water partition coefficient (Wildman–Crippen LogP) is -2.17. The lowest BCUT2D eigenvalue weighted by Gasteiger charge is -2.18. The summed E-state index contributed by atoms with van der Waals surface area (Å²) in [5.41, 5.74) is 6.95. The van der Waals surface area contributed by atoms with Crippen LogP contribution in [-0.4, -0.2) is 70.7 Å². The van der Waals surface area contributed by atoms with Gasteiger partial charge in [-0.05, 0) is 11.6 Å². The maximum absolute atomic E-state index is 12.4. The smallest absolute Gasteiger partial charge is 0.322 e. The van der Waals surface area contributed by atoms with Crippen LogP contribution in [-0.2, 0) is 25.6 Å². The first kappa shape index (κ1) is 21.9. The standard InChI is InChI=1S/C18H23N5O6/c19-12(9-24)17(28)21-7-15(25)23-14(18(29)22-8-16(26)27)5-10-6-20-13-4-2-1-3-11(10)13/h1-4,6,12,14,20,24H,5,7-9,19H2,(H,21,28)(H,22,29)(H,23,25)(H,26,27). The molecule has 0 fully saturated rings. The number of amides is 3. The third-order valence-electron chi connectivity index (χ3n) is 4.12. The van der Waals surface area contributed by atoms with Gasteiger partial charge in [0.15, 0.2) is 0 Å². The first-order valence-electron chi connectivity index (χ1n) is 8.79. The van der Waals surface area contributed by atoms with Crippen LogP contribution in [0.2, 0.25) is 0 Å². The molecule has 1 aromatic carbocycles. The zero-order valence-electron chi connectivity index (χ0n) is 15.5. The number of hydrogen-bond donors (Lipinski definition) is 7. The highest BCUT2D eigenvalue weighted by Gasteiger charge is 2.23. The van der Waals surface area contributed by atoms with Crippen LogP contribution in [0.25, 0.3) is 10.9 Å². The number of nitrogens with one attached hydrogen (secondary N) is 4.